The predicted molar refractivity (Wildman–Crippen MR) is 73.6 cm³/mol. The van der Waals surface area contributed by atoms with Crippen molar-refractivity contribution in [3.05, 3.63) is 36.5 Å². The summed E-state index contributed by atoms with van der Waals surface area (Å²) < 4.78 is 2.01. The Morgan fingerprint density at radius 2 is 2.20 bits per heavy atom. The van der Waals surface area contributed by atoms with Crippen LogP contribution < -0.4 is 16.6 Å². The van der Waals surface area contributed by atoms with Gasteiger partial charge in [-0.2, -0.15) is 0 Å². The van der Waals surface area contributed by atoms with Crippen LogP contribution in [0.25, 0.3) is 0 Å². The van der Waals surface area contributed by atoms with Crippen molar-refractivity contribution in [3.8, 4) is 0 Å². The zero-order chi connectivity index (χ0) is 14.2. The number of rotatable bonds is 7. The normalized spacial score (nSPS) is 10.2. The maximum absolute atomic E-state index is 11.8. The van der Waals surface area contributed by atoms with Gasteiger partial charge in [-0.05, 0) is 25.0 Å². The molecule has 0 aliphatic heterocycles. The van der Waals surface area contributed by atoms with Crippen LogP contribution in [0.5, 0.6) is 0 Å². The molecule has 106 valence electrons. The summed E-state index contributed by atoms with van der Waals surface area (Å²) in [6, 6.07) is 3.17. The number of hydrazine groups is 1. The molecule has 2 aromatic rings. The second-order valence-electron chi connectivity index (χ2n) is 4.21. The van der Waals surface area contributed by atoms with Crippen LogP contribution in [0.2, 0.25) is 0 Å². The van der Waals surface area contributed by atoms with E-state index in [1.807, 2.05) is 10.8 Å². The van der Waals surface area contributed by atoms with E-state index >= 15 is 0 Å². The van der Waals surface area contributed by atoms with E-state index in [4.69, 9.17) is 5.84 Å². The minimum atomic E-state index is -0.233. The number of imidazole rings is 1. The van der Waals surface area contributed by atoms with E-state index in [0.29, 0.717) is 12.4 Å². The summed E-state index contributed by atoms with van der Waals surface area (Å²) in [6.07, 6.45) is 7.31. The number of nitrogens with zero attached hydrogens (tertiary/aromatic N) is 4. The lowest BCUT2D eigenvalue weighted by Gasteiger charge is -2.05. The Bertz CT molecular complexity index is 523. The summed E-state index contributed by atoms with van der Waals surface area (Å²) in [4.78, 5) is 15.7. The molecule has 0 aliphatic carbocycles. The van der Waals surface area contributed by atoms with Gasteiger partial charge in [0, 0.05) is 25.5 Å². The molecule has 0 bridgehead atoms. The summed E-state index contributed by atoms with van der Waals surface area (Å²) in [7, 11) is 0. The molecular weight excluding hydrogens is 258 g/mol. The zero-order valence-corrected chi connectivity index (χ0v) is 11.0. The van der Waals surface area contributed by atoms with E-state index in [2.05, 4.69) is 25.9 Å². The van der Waals surface area contributed by atoms with E-state index in [1.54, 1.807) is 24.7 Å². The molecular formula is C12H17N7O. The van der Waals surface area contributed by atoms with Gasteiger partial charge in [0.05, 0.1) is 6.33 Å². The quantitative estimate of drug-likeness (QED) is 0.377. The Balaban J connectivity index is 1.66. The van der Waals surface area contributed by atoms with Gasteiger partial charge in [-0.3, -0.25) is 4.79 Å². The highest BCUT2D eigenvalue weighted by Crippen LogP contribution is 2.00. The highest BCUT2D eigenvalue weighted by atomic mass is 16.1. The highest BCUT2D eigenvalue weighted by molar-refractivity contribution is 5.92. The van der Waals surface area contributed by atoms with E-state index in [0.717, 1.165) is 19.4 Å². The molecule has 0 aliphatic rings. The summed E-state index contributed by atoms with van der Waals surface area (Å²) in [5, 5.41) is 10.3. The maximum atomic E-state index is 11.8. The van der Waals surface area contributed by atoms with Crippen LogP contribution in [0.3, 0.4) is 0 Å². The van der Waals surface area contributed by atoms with Gasteiger partial charge >= 0.3 is 0 Å². The van der Waals surface area contributed by atoms with E-state index in [9.17, 15) is 4.79 Å². The Morgan fingerprint density at radius 3 is 2.85 bits per heavy atom. The first-order chi connectivity index (χ1) is 9.79. The zero-order valence-electron chi connectivity index (χ0n) is 11.0. The third-order valence-corrected chi connectivity index (χ3v) is 2.73. The van der Waals surface area contributed by atoms with Gasteiger partial charge in [0.2, 0.25) is 0 Å². The maximum Gasteiger partial charge on any atom is 0.271 e. The fourth-order valence-electron chi connectivity index (χ4n) is 1.66. The molecule has 0 saturated carbocycles. The second kappa shape index (κ2) is 7.19. The number of carbonyl (C=O) groups is 1. The molecule has 2 rings (SSSR count). The SMILES string of the molecule is NNc1ccc(C(=O)NCCCCn2ccnc2)nn1. The van der Waals surface area contributed by atoms with E-state index < -0.39 is 0 Å². The van der Waals surface area contributed by atoms with Crippen molar-refractivity contribution in [2.45, 2.75) is 19.4 Å². The first-order valence-electron chi connectivity index (χ1n) is 6.34. The van der Waals surface area contributed by atoms with Crippen LogP contribution in [0.15, 0.2) is 30.9 Å². The van der Waals surface area contributed by atoms with E-state index in [-0.39, 0.29) is 11.6 Å². The summed E-state index contributed by atoms with van der Waals surface area (Å²) in [6.45, 7) is 1.50. The van der Waals surface area contributed by atoms with Gasteiger partial charge < -0.3 is 15.3 Å². The molecule has 2 aromatic heterocycles. The highest BCUT2D eigenvalue weighted by Gasteiger charge is 2.06. The number of nitrogens with one attached hydrogen (secondary N) is 2. The van der Waals surface area contributed by atoms with E-state index in [1.165, 1.54) is 0 Å². The number of hydrogen-bond acceptors (Lipinski definition) is 6. The smallest absolute Gasteiger partial charge is 0.271 e. The number of amides is 1. The molecule has 0 unspecified atom stereocenters. The van der Waals surface area contributed by atoms with Crippen molar-refractivity contribution >= 4 is 11.7 Å². The van der Waals surface area contributed by atoms with Crippen molar-refractivity contribution in [1.82, 2.24) is 25.1 Å². The van der Waals surface area contributed by atoms with Crippen LogP contribution >= 0.6 is 0 Å². The second-order valence-corrected chi connectivity index (χ2v) is 4.21. The Kier molecular flexibility index (Phi) is 5.01. The van der Waals surface area contributed by atoms with Crippen LogP contribution in [0.4, 0.5) is 5.82 Å². The van der Waals surface area contributed by atoms with Gasteiger partial charge in [-0.1, -0.05) is 0 Å². The van der Waals surface area contributed by atoms with Crippen LogP contribution in [0, 0.1) is 0 Å². The van der Waals surface area contributed by atoms with Gasteiger partial charge in [-0.15, -0.1) is 10.2 Å². The molecule has 0 spiro atoms. The molecule has 0 atom stereocenters. The number of nitrogens with two attached hydrogens (primary N) is 1. The molecule has 8 heteroatoms. The number of aromatic nitrogens is 4. The minimum absolute atomic E-state index is 0.233. The summed E-state index contributed by atoms with van der Waals surface area (Å²) in [5.41, 5.74) is 2.63. The van der Waals surface area contributed by atoms with Crippen molar-refractivity contribution in [3.63, 3.8) is 0 Å². The molecule has 1 amide bonds. The number of carbonyl (C=O) groups excluding carboxylic acids is 1. The molecule has 0 radical (unpaired) electrons. The standard InChI is InChI=1S/C12H17N7O/c13-16-11-4-3-10(17-18-11)12(20)15-5-1-2-7-19-8-6-14-9-19/h3-4,6,8-9H,1-2,5,7,13H2,(H,15,20)(H,16,18). The predicted octanol–water partition coefficient (Wildman–Crippen LogP) is 0.169. The number of nitrogen functional groups attached to an aromatic ring is 1. The average molecular weight is 275 g/mol. The van der Waals surface area contributed by atoms with Crippen molar-refractivity contribution < 1.29 is 4.79 Å². The first kappa shape index (κ1) is 13.9. The molecule has 4 N–H and O–H groups in total. The fraction of sp³-hybridized carbons (Fsp3) is 0.333. The lowest BCUT2D eigenvalue weighted by Crippen LogP contribution is -2.26. The van der Waals surface area contributed by atoms with Gasteiger partial charge in [0.1, 0.15) is 0 Å². The molecule has 20 heavy (non-hydrogen) atoms. The number of unbranched alkanes of at least 4 members (excludes halogenated alkanes) is 1. The number of anilines is 1. The third-order valence-electron chi connectivity index (χ3n) is 2.73. The monoisotopic (exact) mass is 275 g/mol. The minimum Gasteiger partial charge on any atom is -0.351 e. The van der Waals surface area contributed by atoms with Crippen molar-refractivity contribution in [2.24, 2.45) is 5.84 Å². The number of hydrogen-bond donors (Lipinski definition) is 3. The van der Waals surface area contributed by atoms with Crippen LogP contribution in [0.1, 0.15) is 23.3 Å². The Hall–Kier alpha value is -2.48. The van der Waals surface area contributed by atoms with Crippen LogP contribution in [-0.2, 0) is 6.54 Å². The van der Waals surface area contributed by atoms with Gasteiger partial charge in [0.25, 0.3) is 5.91 Å². The molecule has 0 aromatic carbocycles. The first-order valence-corrected chi connectivity index (χ1v) is 6.34. The summed E-state index contributed by atoms with van der Waals surface area (Å²) in [5.74, 6) is 5.36. The molecule has 0 fully saturated rings. The lowest BCUT2D eigenvalue weighted by molar-refractivity contribution is 0.0947. The largest absolute Gasteiger partial charge is 0.351 e. The number of aryl methyl sites for hydroxylation is 1. The molecule has 8 nitrogen and oxygen atoms in total. The summed E-state index contributed by atoms with van der Waals surface area (Å²) >= 11 is 0. The Labute approximate surface area is 116 Å². The third kappa shape index (κ3) is 4.02. The average Bonchev–Trinajstić information content (AvgIpc) is 3.00. The van der Waals surface area contributed by atoms with Crippen LogP contribution in [-0.4, -0.2) is 32.2 Å². The topological polar surface area (TPSA) is 111 Å². The van der Waals surface area contributed by atoms with Crippen molar-refractivity contribution in [2.75, 3.05) is 12.0 Å². The molecule has 0 saturated heterocycles. The molecule has 2 heterocycles. The fourth-order valence-corrected chi connectivity index (χ4v) is 1.66. The lowest BCUT2D eigenvalue weighted by atomic mass is 10.3. The Morgan fingerprint density at radius 1 is 1.30 bits per heavy atom. The van der Waals surface area contributed by atoms with Gasteiger partial charge in [0.15, 0.2) is 11.5 Å². The van der Waals surface area contributed by atoms with Gasteiger partial charge in [-0.25, -0.2) is 10.8 Å². The van der Waals surface area contributed by atoms with Crippen molar-refractivity contribution in [1.29, 1.82) is 0 Å².